The Labute approximate surface area is 174 Å². The third-order valence-corrected chi connectivity index (χ3v) is 5.90. The number of likely N-dealkylation sites (N-methyl/N-ethyl adjacent to an activating group) is 1. The Bertz CT molecular complexity index is 454. The zero-order valence-electron chi connectivity index (χ0n) is 18.6. The Morgan fingerprint density at radius 1 is 0.821 bits per heavy atom. The predicted octanol–water partition coefficient (Wildman–Crippen LogP) is 4.03. The molecular weight excluding hydrogens is 378 g/mol. The molecular formula is C21H46NO5S+. The summed E-state index contributed by atoms with van der Waals surface area (Å²) in [5.74, 6) is -0.617. The molecule has 170 valence electrons. The van der Waals surface area contributed by atoms with Gasteiger partial charge in [0, 0.05) is 6.61 Å². The number of hydrogen-bond acceptors (Lipinski definition) is 4. The van der Waals surface area contributed by atoms with E-state index in [0.717, 1.165) is 13.0 Å². The fourth-order valence-electron chi connectivity index (χ4n) is 3.42. The summed E-state index contributed by atoms with van der Waals surface area (Å²) in [6.07, 6.45) is 14.8. The van der Waals surface area contributed by atoms with Crippen LogP contribution in [0.2, 0.25) is 0 Å². The Morgan fingerprint density at radius 3 is 1.75 bits per heavy atom. The van der Waals surface area contributed by atoms with Gasteiger partial charge in [0.25, 0.3) is 10.1 Å². The molecule has 0 aromatic carbocycles. The number of rotatable bonds is 20. The second-order valence-electron chi connectivity index (χ2n) is 8.75. The van der Waals surface area contributed by atoms with Gasteiger partial charge in [0.05, 0.1) is 20.7 Å². The van der Waals surface area contributed by atoms with Gasteiger partial charge in [-0.2, -0.15) is 8.42 Å². The third kappa shape index (κ3) is 20.5. The van der Waals surface area contributed by atoms with Gasteiger partial charge in [0.15, 0.2) is 0 Å². The molecule has 1 unspecified atom stereocenters. The van der Waals surface area contributed by atoms with Crippen LogP contribution in [0.1, 0.15) is 84.0 Å². The van der Waals surface area contributed by atoms with E-state index >= 15 is 0 Å². The number of ether oxygens (including phenoxy) is 1. The van der Waals surface area contributed by atoms with Crippen molar-refractivity contribution in [1.82, 2.24) is 0 Å². The monoisotopic (exact) mass is 424 g/mol. The molecule has 0 heterocycles. The van der Waals surface area contributed by atoms with E-state index in [0.29, 0.717) is 17.6 Å². The van der Waals surface area contributed by atoms with Crippen LogP contribution in [0.4, 0.5) is 0 Å². The maximum atomic E-state index is 10.8. The van der Waals surface area contributed by atoms with E-state index < -0.39 is 22.0 Å². The summed E-state index contributed by atoms with van der Waals surface area (Å²) in [5.41, 5.74) is 0. The Balaban J connectivity index is 3.44. The summed E-state index contributed by atoms with van der Waals surface area (Å²) in [6, 6.07) is 0. The Morgan fingerprint density at radius 2 is 1.29 bits per heavy atom. The smallest absolute Gasteiger partial charge is 0.267 e. The molecule has 0 bridgehead atoms. The fraction of sp³-hybridized carbons (Fsp3) is 1.00. The second kappa shape index (κ2) is 16.6. The minimum absolute atomic E-state index is 0.266. The van der Waals surface area contributed by atoms with Crippen molar-refractivity contribution in [2.45, 2.75) is 90.1 Å². The van der Waals surface area contributed by atoms with E-state index in [1.54, 1.807) is 0 Å². The first-order valence-electron chi connectivity index (χ1n) is 11.2. The maximum Gasteiger partial charge on any atom is 0.267 e. The van der Waals surface area contributed by atoms with Crippen LogP contribution in [0.3, 0.4) is 0 Å². The van der Waals surface area contributed by atoms with Crippen LogP contribution in [-0.2, 0) is 14.9 Å². The summed E-state index contributed by atoms with van der Waals surface area (Å²) >= 11 is 0. The molecule has 1 atom stereocenters. The number of nitrogens with zero attached hydrogens (tertiary/aromatic N) is 1. The highest BCUT2D eigenvalue weighted by molar-refractivity contribution is 7.85. The lowest BCUT2D eigenvalue weighted by Crippen LogP contribution is -2.48. The van der Waals surface area contributed by atoms with Gasteiger partial charge in [-0.05, 0) is 6.42 Å². The molecule has 7 heteroatoms. The van der Waals surface area contributed by atoms with Crippen molar-refractivity contribution in [3.63, 3.8) is 0 Å². The quantitative estimate of drug-likeness (QED) is 0.175. The normalized spacial score (nSPS) is 13.8. The molecule has 0 amide bonds. The molecule has 0 spiro atoms. The van der Waals surface area contributed by atoms with E-state index in [1.165, 1.54) is 70.6 Å². The number of aliphatic hydroxyl groups is 1. The van der Waals surface area contributed by atoms with Gasteiger partial charge in [-0.3, -0.25) is 4.55 Å². The van der Waals surface area contributed by atoms with Gasteiger partial charge < -0.3 is 14.3 Å². The van der Waals surface area contributed by atoms with Gasteiger partial charge in [0.1, 0.15) is 24.9 Å². The summed E-state index contributed by atoms with van der Waals surface area (Å²) in [4.78, 5) is 0. The SMILES string of the molecule is CCCCCCCCCCCCCCOCC[N+](C)(C)CC(O)CS(=O)(=O)O. The van der Waals surface area contributed by atoms with Gasteiger partial charge in [-0.25, -0.2) is 0 Å². The van der Waals surface area contributed by atoms with Crippen molar-refractivity contribution >= 4 is 10.1 Å². The molecule has 0 saturated carbocycles. The summed E-state index contributed by atoms with van der Waals surface area (Å²) < 4.78 is 36.5. The van der Waals surface area contributed by atoms with Crippen molar-refractivity contribution in [2.24, 2.45) is 0 Å². The molecule has 6 nitrogen and oxygen atoms in total. The standard InChI is InChI=1S/C21H45NO5S/c1-4-5-6-7-8-9-10-11-12-13-14-15-17-27-18-16-22(2,3)19-21(23)20-28(24,25)26/h21,23H,4-20H2,1-3H3/p+1. The molecule has 28 heavy (non-hydrogen) atoms. The highest BCUT2D eigenvalue weighted by Crippen LogP contribution is 2.12. The van der Waals surface area contributed by atoms with E-state index in [2.05, 4.69) is 6.92 Å². The minimum atomic E-state index is -4.14. The van der Waals surface area contributed by atoms with Crippen LogP contribution in [0.15, 0.2) is 0 Å². The summed E-state index contributed by atoms with van der Waals surface area (Å²) in [5, 5.41) is 9.75. The molecule has 0 aliphatic carbocycles. The molecule has 0 aromatic heterocycles. The zero-order chi connectivity index (χ0) is 21.3. The molecule has 0 rings (SSSR count). The van der Waals surface area contributed by atoms with Crippen LogP contribution in [0.5, 0.6) is 0 Å². The van der Waals surface area contributed by atoms with E-state index in [9.17, 15) is 13.5 Å². The Kier molecular flexibility index (Phi) is 16.4. The summed E-state index contributed by atoms with van der Waals surface area (Å²) in [6.45, 7) is 4.56. The number of unbranched alkanes of at least 4 members (excludes halogenated alkanes) is 11. The average molecular weight is 425 g/mol. The van der Waals surface area contributed by atoms with Crippen LogP contribution in [0.25, 0.3) is 0 Å². The summed E-state index contributed by atoms with van der Waals surface area (Å²) in [7, 11) is -0.304. The van der Waals surface area contributed by atoms with Gasteiger partial charge in [-0.15, -0.1) is 0 Å². The first-order chi connectivity index (χ1) is 13.2. The predicted molar refractivity (Wildman–Crippen MR) is 116 cm³/mol. The lowest BCUT2D eigenvalue weighted by Gasteiger charge is -2.31. The van der Waals surface area contributed by atoms with Crippen molar-refractivity contribution in [3.05, 3.63) is 0 Å². The largest absolute Gasteiger partial charge is 0.386 e. The van der Waals surface area contributed by atoms with Crippen molar-refractivity contribution in [1.29, 1.82) is 0 Å². The topological polar surface area (TPSA) is 83.8 Å². The third-order valence-electron chi connectivity index (χ3n) is 5.09. The zero-order valence-corrected chi connectivity index (χ0v) is 19.4. The lowest BCUT2D eigenvalue weighted by atomic mass is 10.1. The highest BCUT2D eigenvalue weighted by Gasteiger charge is 2.24. The first-order valence-corrected chi connectivity index (χ1v) is 12.8. The van der Waals surface area contributed by atoms with Crippen LogP contribution in [0, 0.1) is 0 Å². The lowest BCUT2D eigenvalue weighted by molar-refractivity contribution is -0.893. The van der Waals surface area contributed by atoms with E-state index in [1.807, 2.05) is 14.1 Å². The average Bonchev–Trinajstić information content (AvgIpc) is 2.56. The van der Waals surface area contributed by atoms with Crippen molar-refractivity contribution in [3.8, 4) is 0 Å². The molecule has 2 N–H and O–H groups in total. The number of quaternary nitrogens is 1. The Hall–Kier alpha value is -0.210. The number of hydrogen-bond donors (Lipinski definition) is 2. The number of aliphatic hydroxyl groups excluding tert-OH is 1. The van der Waals surface area contributed by atoms with Crippen LogP contribution < -0.4 is 0 Å². The van der Waals surface area contributed by atoms with Gasteiger partial charge >= 0.3 is 0 Å². The van der Waals surface area contributed by atoms with Crippen LogP contribution in [-0.4, -0.2) is 74.8 Å². The molecule has 0 aliphatic rings. The van der Waals surface area contributed by atoms with Crippen molar-refractivity contribution < 1.29 is 27.3 Å². The van der Waals surface area contributed by atoms with E-state index in [-0.39, 0.29) is 6.54 Å². The highest BCUT2D eigenvalue weighted by atomic mass is 32.2. The molecule has 0 aliphatic heterocycles. The molecule has 0 aromatic rings. The van der Waals surface area contributed by atoms with Gasteiger partial charge in [-0.1, -0.05) is 77.6 Å². The van der Waals surface area contributed by atoms with Crippen molar-refractivity contribution in [2.75, 3.05) is 46.2 Å². The molecule has 0 fully saturated rings. The maximum absolute atomic E-state index is 10.8. The van der Waals surface area contributed by atoms with E-state index in [4.69, 9.17) is 9.29 Å². The van der Waals surface area contributed by atoms with Crippen LogP contribution >= 0.6 is 0 Å². The molecule has 0 radical (unpaired) electrons. The second-order valence-corrected chi connectivity index (χ2v) is 10.2. The fourth-order valence-corrected chi connectivity index (χ4v) is 4.01. The first kappa shape index (κ1) is 27.8. The minimum Gasteiger partial charge on any atom is -0.386 e. The van der Waals surface area contributed by atoms with Gasteiger partial charge in [0.2, 0.25) is 0 Å². The molecule has 0 saturated heterocycles.